The number of likely N-dealkylation sites (N-methyl/N-ethyl adjacent to an activating group) is 1. The third kappa shape index (κ3) is 7.52. The highest BCUT2D eigenvalue weighted by atomic mass is 32.1. The molecule has 7 aliphatic rings. The number of ether oxygens (including phenoxy) is 2. The topological polar surface area (TPSA) is 137 Å². The van der Waals surface area contributed by atoms with Crippen molar-refractivity contribution in [3.05, 3.63) is 58.2 Å². The van der Waals surface area contributed by atoms with Gasteiger partial charge in [0, 0.05) is 103 Å². The molecule has 7 atom stereocenters. The third-order valence-electron chi connectivity index (χ3n) is 16.4. The summed E-state index contributed by atoms with van der Waals surface area (Å²) >= 11 is 1.56. The fraction of sp³-hybridized carbons (Fsp3) is 0.620. The molecular weight excluding hydrogens is 839 g/mol. The lowest BCUT2D eigenvalue weighted by molar-refractivity contribution is -0.159. The predicted molar refractivity (Wildman–Crippen MR) is 250 cm³/mol. The Kier molecular flexibility index (Phi) is 10.8. The van der Waals surface area contributed by atoms with E-state index in [1.165, 1.54) is 18.4 Å². The lowest BCUT2D eigenvalue weighted by Crippen LogP contribution is -2.77. The van der Waals surface area contributed by atoms with Gasteiger partial charge in [0.15, 0.2) is 0 Å². The van der Waals surface area contributed by atoms with Crippen molar-refractivity contribution in [2.24, 2.45) is 23.2 Å². The monoisotopic (exact) mass is 903 g/mol. The van der Waals surface area contributed by atoms with E-state index in [4.69, 9.17) is 19.4 Å². The van der Waals surface area contributed by atoms with Gasteiger partial charge in [-0.05, 0) is 94.2 Å². The van der Waals surface area contributed by atoms with Gasteiger partial charge < -0.3 is 19.4 Å². The summed E-state index contributed by atoms with van der Waals surface area (Å²) in [5.41, 5.74) is 10.2. The largest absolute Gasteiger partial charge is 0.464 e. The van der Waals surface area contributed by atoms with Crippen molar-refractivity contribution in [3.8, 4) is 22.5 Å². The van der Waals surface area contributed by atoms with Crippen molar-refractivity contribution < 1.29 is 23.9 Å². The number of cyclic esters (lactones) is 1. The van der Waals surface area contributed by atoms with Gasteiger partial charge >= 0.3 is 5.97 Å². The molecule has 11 rings (SSSR count). The van der Waals surface area contributed by atoms with E-state index in [1.807, 2.05) is 12.3 Å². The number of pyridine rings is 1. The zero-order valence-corrected chi connectivity index (χ0v) is 39.8. The number of nitrogens with one attached hydrogen (secondary N) is 2. The summed E-state index contributed by atoms with van der Waals surface area (Å²) in [6, 6.07) is 9.81. The minimum Gasteiger partial charge on any atom is -0.464 e. The molecule has 4 saturated heterocycles. The van der Waals surface area contributed by atoms with Crippen molar-refractivity contribution in [1.29, 1.82) is 0 Å². The second kappa shape index (κ2) is 16.2. The smallest absolute Gasteiger partial charge is 0.324 e. The summed E-state index contributed by atoms with van der Waals surface area (Å²) in [6.45, 7) is 15.8. The molecule has 1 aromatic carbocycles. The fourth-order valence-corrected chi connectivity index (χ4v) is 12.7. The molecule has 2 aliphatic carbocycles. The minimum absolute atomic E-state index is 0.0623. The Bertz CT molecular complexity index is 2510. The van der Waals surface area contributed by atoms with Crippen LogP contribution in [0.1, 0.15) is 101 Å². The SMILES string of the molecule is CO[C@@H](C)c1ncccc1-c1c2c3cc(ccc3n1C1CN(C3CC3)C1)-c1csc(n1)[C@@H](N1CC3(CCN3C)C1)[C@H](NC(=O)C1[C@@H](C)[C@H]1C)C(=O)N1CCC[C@H](N1)C(=O)OCC(C)(C)C2. The van der Waals surface area contributed by atoms with Crippen LogP contribution >= 0.6 is 11.3 Å². The number of carbonyl (C=O) groups is 3. The molecule has 14 nitrogen and oxygen atoms in total. The van der Waals surface area contributed by atoms with Crippen LogP contribution in [-0.2, 0) is 30.3 Å². The summed E-state index contributed by atoms with van der Waals surface area (Å²) < 4.78 is 14.8. The third-order valence-corrected chi connectivity index (χ3v) is 17.4. The second-order valence-corrected chi connectivity index (χ2v) is 22.3. The average molecular weight is 904 g/mol. The maximum Gasteiger partial charge on any atom is 0.324 e. The second-order valence-electron chi connectivity index (χ2n) is 21.4. The summed E-state index contributed by atoms with van der Waals surface area (Å²) in [7, 11) is 3.91. The number of thiazole rings is 1. The molecule has 6 fully saturated rings. The van der Waals surface area contributed by atoms with Crippen molar-refractivity contribution in [3.63, 3.8) is 0 Å². The Morgan fingerprint density at radius 1 is 1.05 bits per heavy atom. The molecule has 15 heteroatoms. The van der Waals surface area contributed by atoms with Gasteiger partial charge in [-0.15, -0.1) is 11.3 Å². The van der Waals surface area contributed by atoms with Crippen LogP contribution in [0.15, 0.2) is 41.9 Å². The van der Waals surface area contributed by atoms with Crippen LogP contribution in [0.3, 0.4) is 0 Å². The predicted octanol–water partition coefficient (Wildman–Crippen LogP) is 5.99. The number of likely N-dealkylation sites (tertiary alicyclic amines) is 3. The van der Waals surface area contributed by atoms with Crippen molar-refractivity contribution >= 4 is 40.0 Å². The van der Waals surface area contributed by atoms with Crippen LogP contribution in [0.5, 0.6) is 0 Å². The first-order valence-corrected chi connectivity index (χ1v) is 25.0. The lowest BCUT2D eigenvalue weighted by Gasteiger charge is -2.63. The molecule has 5 aliphatic heterocycles. The number of hydrazine groups is 1. The summed E-state index contributed by atoms with van der Waals surface area (Å²) in [5, 5.41) is 8.95. The number of aromatic nitrogens is 3. The molecule has 1 spiro atoms. The standard InChI is InChI=1S/C50H65N9O5S/c1-28-29(2)40(28)45(60)53-42-44(57-25-50(26-57)16-19-55(50)6)46-52-38(24-65-46)31-12-15-39-35(20-31)36(21-49(4,5)27-64-48(62)37-11-9-18-58(54-37)47(42)61)43(34-10-8-17-51-41(34)30(3)63-7)59(39)33-22-56(23-33)32-13-14-32/h8,10,12,15,17,20,24,28-30,32-33,37,40,42,44,54H,9,11,13-14,16,18-19,21-23,25-27H2,1-7H3,(H,53,60)/t28-,29+,30-,37-,40?,42-,44-/m0/s1. The number of hydrogen-bond acceptors (Lipinski definition) is 12. The Morgan fingerprint density at radius 2 is 1.83 bits per heavy atom. The van der Waals surface area contributed by atoms with Crippen LogP contribution in [0.4, 0.5) is 0 Å². The van der Waals surface area contributed by atoms with Gasteiger partial charge in [-0.3, -0.25) is 39.1 Å². The lowest BCUT2D eigenvalue weighted by atomic mass is 9.76. The number of esters is 1. The van der Waals surface area contributed by atoms with Gasteiger partial charge in [0.05, 0.1) is 41.9 Å². The van der Waals surface area contributed by atoms with Crippen LogP contribution in [0, 0.1) is 23.2 Å². The van der Waals surface area contributed by atoms with Crippen LogP contribution in [0.2, 0.25) is 0 Å². The van der Waals surface area contributed by atoms with E-state index >= 15 is 4.79 Å². The van der Waals surface area contributed by atoms with Crippen LogP contribution in [0.25, 0.3) is 33.4 Å². The highest BCUT2D eigenvalue weighted by Crippen LogP contribution is 2.49. The first-order chi connectivity index (χ1) is 31.2. The van der Waals surface area contributed by atoms with E-state index in [9.17, 15) is 9.59 Å². The van der Waals surface area contributed by atoms with Crippen LogP contribution < -0.4 is 10.7 Å². The molecule has 4 aromatic rings. The Hall–Kier alpha value is -4.25. The quantitative estimate of drug-likeness (QED) is 0.202. The van der Waals surface area contributed by atoms with Gasteiger partial charge in [0.1, 0.15) is 17.1 Å². The molecule has 3 aromatic heterocycles. The number of amides is 2. The Morgan fingerprint density at radius 3 is 2.52 bits per heavy atom. The molecule has 2 N–H and O–H groups in total. The maximum atomic E-state index is 15.1. The van der Waals surface area contributed by atoms with E-state index in [0.29, 0.717) is 31.8 Å². The molecule has 8 heterocycles. The van der Waals surface area contributed by atoms with E-state index in [-0.39, 0.29) is 59.8 Å². The first kappa shape index (κ1) is 43.3. The highest BCUT2D eigenvalue weighted by Gasteiger charge is 2.57. The number of carbonyl (C=O) groups excluding carboxylic acids is 3. The van der Waals surface area contributed by atoms with Gasteiger partial charge in [0.25, 0.3) is 5.91 Å². The zero-order valence-electron chi connectivity index (χ0n) is 39.0. The number of hydrogen-bond donors (Lipinski definition) is 2. The Balaban J connectivity index is 1.07. The normalized spacial score (nSPS) is 30.0. The molecule has 346 valence electrons. The fourth-order valence-electron chi connectivity index (χ4n) is 11.7. The highest BCUT2D eigenvalue weighted by molar-refractivity contribution is 7.10. The molecule has 1 unspecified atom stereocenters. The average Bonchev–Trinajstić information content (AvgIpc) is 4.12. The van der Waals surface area contributed by atoms with Crippen molar-refractivity contribution in [1.82, 2.24) is 45.0 Å². The van der Waals surface area contributed by atoms with E-state index < -0.39 is 23.5 Å². The first-order valence-electron chi connectivity index (χ1n) is 24.1. The molecule has 2 amide bonds. The van der Waals surface area contributed by atoms with Gasteiger partial charge in [-0.25, -0.2) is 10.4 Å². The van der Waals surface area contributed by atoms with Gasteiger partial charge in [-0.2, -0.15) is 0 Å². The number of fused-ring (bicyclic) bond motifs is 6. The van der Waals surface area contributed by atoms with Crippen LogP contribution in [-0.4, -0.2) is 136 Å². The maximum absolute atomic E-state index is 15.1. The van der Waals surface area contributed by atoms with Gasteiger partial charge in [0.2, 0.25) is 5.91 Å². The summed E-state index contributed by atoms with van der Waals surface area (Å²) in [6.07, 6.45) is 7.06. The molecule has 2 saturated carbocycles. The molecule has 0 radical (unpaired) electrons. The van der Waals surface area contributed by atoms with E-state index in [1.54, 1.807) is 23.5 Å². The van der Waals surface area contributed by atoms with E-state index in [0.717, 1.165) is 83.3 Å². The number of rotatable bonds is 8. The zero-order chi connectivity index (χ0) is 45.1. The molecular formula is C50H65N9O5S. The molecule has 65 heavy (non-hydrogen) atoms. The number of methoxy groups -OCH3 is 1. The summed E-state index contributed by atoms with van der Waals surface area (Å²) in [5.74, 6) is -0.395. The van der Waals surface area contributed by atoms with E-state index in [2.05, 4.69) is 101 Å². The number of benzene rings is 1. The Labute approximate surface area is 386 Å². The minimum atomic E-state index is -0.921. The van der Waals surface area contributed by atoms with Crippen molar-refractivity contribution in [2.75, 3.05) is 60.0 Å². The number of nitrogens with zero attached hydrogens (tertiary/aromatic N) is 7. The van der Waals surface area contributed by atoms with Gasteiger partial charge in [-0.1, -0.05) is 33.8 Å². The summed E-state index contributed by atoms with van der Waals surface area (Å²) in [4.78, 5) is 61.2. The van der Waals surface area contributed by atoms with Crippen molar-refractivity contribution in [2.45, 2.75) is 115 Å². The molecule has 6 bridgehead atoms.